The van der Waals surface area contributed by atoms with Gasteiger partial charge in [0.25, 0.3) is 5.91 Å². The van der Waals surface area contributed by atoms with Crippen LogP contribution < -0.4 is 0 Å². The van der Waals surface area contributed by atoms with Gasteiger partial charge in [-0.25, -0.2) is 0 Å². The van der Waals surface area contributed by atoms with Crippen LogP contribution in [-0.4, -0.2) is 28.4 Å². The molecule has 1 aromatic carbocycles. The first kappa shape index (κ1) is 14.9. The van der Waals surface area contributed by atoms with Gasteiger partial charge in [-0.3, -0.25) is 14.4 Å². The molecular weight excluding hydrogens is 278 g/mol. The van der Waals surface area contributed by atoms with Gasteiger partial charge in [0.15, 0.2) is 5.78 Å². The third-order valence-corrected chi connectivity index (χ3v) is 4.75. The van der Waals surface area contributed by atoms with E-state index in [0.717, 1.165) is 11.1 Å². The number of nitrogens with zero attached hydrogens (tertiary/aromatic N) is 1. The molecule has 116 valence electrons. The first-order chi connectivity index (χ1) is 10.5. The van der Waals surface area contributed by atoms with Crippen molar-refractivity contribution in [2.24, 2.45) is 0 Å². The Hall–Kier alpha value is -1.97. The summed E-state index contributed by atoms with van der Waals surface area (Å²) in [7, 11) is 0. The number of rotatable bonds is 2. The van der Waals surface area contributed by atoms with Gasteiger partial charge in [0.05, 0.1) is 6.04 Å². The molecule has 1 aliphatic heterocycles. The van der Waals surface area contributed by atoms with Gasteiger partial charge in [0, 0.05) is 31.4 Å². The van der Waals surface area contributed by atoms with E-state index in [4.69, 9.17) is 0 Å². The summed E-state index contributed by atoms with van der Waals surface area (Å²) in [6.07, 6.45) is 1.45. The summed E-state index contributed by atoms with van der Waals surface area (Å²) in [6, 6.07) is 5.37. The maximum atomic E-state index is 12.7. The van der Waals surface area contributed by atoms with E-state index in [1.165, 1.54) is 5.56 Å². The van der Waals surface area contributed by atoms with E-state index < -0.39 is 6.04 Å². The minimum absolute atomic E-state index is 0.0260. The van der Waals surface area contributed by atoms with Gasteiger partial charge in [0.1, 0.15) is 5.78 Å². The molecule has 1 saturated carbocycles. The SMILES string of the molecule is CC(C)c1cccc2c1CN(C1CCC(=O)CCC1=O)C2=O. The van der Waals surface area contributed by atoms with Crippen LogP contribution in [0.5, 0.6) is 0 Å². The second-order valence-electron chi connectivity index (χ2n) is 6.52. The highest BCUT2D eigenvalue weighted by molar-refractivity contribution is 6.02. The van der Waals surface area contributed by atoms with Crippen molar-refractivity contribution in [2.45, 2.75) is 58.0 Å². The van der Waals surface area contributed by atoms with Gasteiger partial charge < -0.3 is 4.90 Å². The Labute approximate surface area is 130 Å². The van der Waals surface area contributed by atoms with Crippen LogP contribution in [0.25, 0.3) is 0 Å². The summed E-state index contributed by atoms with van der Waals surface area (Å²) in [6.45, 7) is 4.71. The summed E-state index contributed by atoms with van der Waals surface area (Å²) >= 11 is 0. The molecule has 2 aliphatic rings. The van der Waals surface area contributed by atoms with Crippen LogP contribution in [0.4, 0.5) is 0 Å². The third-order valence-electron chi connectivity index (χ3n) is 4.75. The molecule has 0 spiro atoms. The van der Waals surface area contributed by atoms with Crippen LogP contribution >= 0.6 is 0 Å². The Morgan fingerprint density at radius 3 is 2.59 bits per heavy atom. The summed E-state index contributed by atoms with van der Waals surface area (Å²) in [5.41, 5.74) is 2.94. The average molecular weight is 299 g/mol. The first-order valence-electron chi connectivity index (χ1n) is 7.96. The molecule has 0 bridgehead atoms. The van der Waals surface area contributed by atoms with E-state index in [2.05, 4.69) is 19.9 Å². The standard InChI is InChI=1S/C18H21NO3/c1-11(2)13-4-3-5-14-15(13)10-19(18(14)22)16-8-6-12(20)7-9-17(16)21/h3-5,11,16H,6-10H2,1-2H3. The summed E-state index contributed by atoms with van der Waals surface area (Å²) in [4.78, 5) is 38.3. The first-order valence-corrected chi connectivity index (χ1v) is 7.96. The van der Waals surface area contributed by atoms with E-state index in [1.807, 2.05) is 12.1 Å². The Morgan fingerprint density at radius 2 is 1.86 bits per heavy atom. The van der Waals surface area contributed by atoms with Gasteiger partial charge in [-0.05, 0) is 29.5 Å². The molecule has 0 aromatic heterocycles. The van der Waals surface area contributed by atoms with Crippen LogP contribution in [0, 0.1) is 0 Å². The Kier molecular flexibility index (Phi) is 3.85. The number of hydrogen-bond acceptors (Lipinski definition) is 3. The minimum atomic E-state index is -0.439. The smallest absolute Gasteiger partial charge is 0.255 e. The molecule has 1 unspecified atom stereocenters. The molecule has 1 atom stereocenters. The zero-order valence-corrected chi connectivity index (χ0v) is 13.1. The van der Waals surface area contributed by atoms with Gasteiger partial charge >= 0.3 is 0 Å². The van der Waals surface area contributed by atoms with Crippen LogP contribution in [0.3, 0.4) is 0 Å². The topological polar surface area (TPSA) is 54.5 Å². The van der Waals surface area contributed by atoms with Crippen LogP contribution in [0.2, 0.25) is 0 Å². The highest BCUT2D eigenvalue weighted by Gasteiger charge is 2.38. The molecule has 0 saturated heterocycles. The number of carbonyl (C=O) groups excluding carboxylic acids is 3. The van der Waals surface area contributed by atoms with Crippen molar-refractivity contribution in [2.75, 3.05) is 0 Å². The lowest BCUT2D eigenvalue weighted by molar-refractivity contribution is -0.124. The van der Waals surface area contributed by atoms with Gasteiger partial charge in [-0.2, -0.15) is 0 Å². The number of hydrogen-bond donors (Lipinski definition) is 0. The fourth-order valence-corrected chi connectivity index (χ4v) is 3.51. The maximum Gasteiger partial charge on any atom is 0.255 e. The largest absolute Gasteiger partial charge is 0.324 e. The normalized spacial score (nSPS) is 22.2. The van der Waals surface area contributed by atoms with Crippen molar-refractivity contribution in [1.82, 2.24) is 4.90 Å². The molecule has 1 heterocycles. The number of Topliss-reactive ketones (excluding diaryl/α,β-unsaturated/α-hetero) is 2. The number of ketones is 2. The molecule has 4 nitrogen and oxygen atoms in total. The Bertz CT molecular complexity index is 648. The average Bonchev–Trinajstić information content (AvgIpc) is 2.72. The fourth-order valence-electron chi connectivity index (χ4n) is 3.51. The van der Waals surface area contributed by atoms with E-state index in [-0.39, 0.29) is 23.9 Å². The predicted molar refractivity (Wildman–Crippen MR) is 82.7 cm³/mol. The maximum absolute atomic E-state index is 12.7. The monoisotopic (exact) mass is 299 g/mol. The Morgan fingerprint density at radius 1 is 1.09 bits per heavy atom. The molecule has 22 heavy (non-hydrogen) atoms. The summed E-state index contributed by atoms with van der Waals surface area (Å²) < 4.78 is 0. The number of carbonyl (C=O) groups is 3. The summed E-state index contributed by atoms with van der Waals surface area (Å²) in [5, 5.41) is 0. The lowest BCUT2D eigenvalue weighted by Gasteiger charge is -2.25. The van der Waals surface area contributed by atoms with Crippen LogP contribution in [-0.2, 0) is 16.1 Å². The number of fused-ring (bicyclic) bond motifs is 1. The molecule has 4 heteroatoms. The molecule has 1 aliphatic carbocycles. The van der Waals surface area contributed by atoms with E-state index in [0.29, 0.717) is 31.7 Å². The highest BCUT2D eigenvalue weighted by Crippen LogP contribution is 2.33. The lowest BCUT2D eigenvalue weighted by Crippen LogP contribution is -2.40. The Balaban J connectivity index is 1.92. The van der Waals surface area contributed by atoms with Crippen molar-refractivity contribution in [1.29, 1.82) is 0 Å². The number of amides is 1. The van der Waals surface area contributed by atoms with Crippen molar-refractivity contribution in [3.05, 3.63) is 34.9 Å². The van der Waals surface area contributed by atoms with Crippen LogP contribution in [0.1, 0.15) is 66.9 Å². The highest BCUT2D eigenvalue weighted by atomic mass is 16.2. The minimum Gasteiger partial charge on any atom is -0.324 e. The molecule has 1 fully saturated rings. The zero-order valence-electron chi connectivity index (χ0n) is 13.1. The van der Waals surface area contributed by atoms with E-state index in [1.54, 1.807) is 4.90 Å². The van der Waals surface area contributed by atoms with Crippen molar-refractivity contribution >= 4 is 17.5 Å². The third kappa shape index (κ3) is 2.47. The summed E-state index contributed by atoms with van der Waals surface area (Å²) in [5.74, 6) is 0.431. The lowest BCUT2D eigenvalue weighted by atomic mass is 9.95. The molecule has 0 radical (unpaired) electrons. The second-order valence-corrected chi connectivity index (χ2v) is 6.52. The van der Waals surface area contributed by atoms with Crippen molar-refractivity contribution < 1.29 is 14.4 Å². The van der Waals surface area contributed by atoms with Crippen LogP contribution in [0.15, 0.2) is 18.2 Å². The number of benzene rings is 1. The van der Waals surface area contributed by atoms with Gasteiger partial charge in [-0.1, -0.05) is 26.0 Å². The van der Waals surface area contributed by atoms with Gasteiger partial charge in [-0.15, -0.1) is 0 Å². The van der Waals surface area contributed by atoms with Gasteiger partial charge in [0.2, 0.25) is 0 Å². The molecule has 1 amide bonds. The zero-order chi connectivity index (χ0) is 15.9. The molecule has 3 rings (SSSR count). The van der Waals surface area contributed by atoms with E-state index in [9.17, 15) is 14.4 Å². The van der Waals surface area contributed by atoms with Crippen molar-refractivity contribution in [3.63, 3.8) is 0 Å². The quantitative estimate of drug-likeness (QED) is 0.789. The van der Waals surface area contributed by atoms with Crippen molar-refractivity contribution in [3.8, 4) is 0 Å². The molecular formula is C18H21NO3. The fraction of sp³-hybridized carbons (Fsp3) is 0.500. The molecule has 1 aromatic rings. The molecule has 0 N–H and O–H groups in total. The second kappa shape index (κ2) is 5.67. The predicted octanol–water partition coefficient (Wildman–Crippen LogP) is 2.85. The van der Waals surface area contributed by atoms with E-state index >= 15 is 0 Å².